The molecule has 2 heterocycles. The minimum atomic E-state index is -1.08. The number of anilines is 4. The number of nitrogens with one attached hydrogen (secondary N) is 2. The number of rotatable bonds is 8. The number of hydrogen-bond acceptors (Lipinski definition) is 7. The summed E-state index contributed by atoms with van der Waals surface area (Å²) in [6.07, 6.45) is 2.01. The first kappa shape index (κ1) is 24.5. The number of pyridine rings is 1. The number of carboxylic acids is 1. The molecule has 1 aliphatic heterocycles. The van der Waals surface area contributed by atoms with E-state index in [1.54, 1.807) is 0 Å². The van der Waals surface area contributed by atoms with Gasteiger partial charge in [-0.3, -0.25) is 9.59 Å². The number of hydrogen-bond donors (Lipinski definition) is 3. The summed E-state index contributed by atoms with van der Waals surface area (Å²) in [4.78, 5) is 43.4. The van der Waals surface area contributed by atoms with Crippen LogP contribution in [0.25, 0.3) is 10.8 Å². The van der Waals surface area contributed by atoms with E-state index in [-0.39, 0.29) is 24.2 Å². The summed E-state index contributed by atoms with van der Waals surface area (Å²) in [5, 5.41) is 18.2. The molecule has 1 fully saturated rings. The Morgan fingerprint density at radius 2 is 1.73 bits per heavy atom. The highest BCUT2D eigenvalue weighted by atomic mass is 16.4. The molecule has 190 valence electrons. The maximum absolute atomic E-state index is 12.4. The summed E-state index contributed by atoms with van der Waals surface area (Å²) in [5.41, 5.74) is 1.78. The second-order valence-electron chi connectivity index (χ2n) is 9.96. The molecule has 0 saturated carbocycles. The number of fused-ring (bicyclic) bond motifs is 1. The first-order valence-corrected chi connectivity index (χ1v) is 12.6. The van der Waals surface area contributed by atoms with Crippen LogP contribution in [0.15, 0.2) is 64.2 Å². The van der Waals surface area contributed by atoms with Gasteiger partial charge in [-0.2, -0.15) is 0 Å². The molecule has 8 heteroatoms. The molecular formula is C29H30N4O4. The Balaban J connectivity index is 1.33. The summed E-state index contributed by atoms with van der Waals surface area (Å²) < 4.78 is 0. The van der Waals surface area contributed by atoms with Gasteiger partial charge in [-0.25, -0.2) is 9.78 Å². The van der Waals surface area contributed by atoms with Gasteiger partial charge < -0.3 is 20.6 Å². The summed E-state index contributed by atoms with van der Waals surface area (Å²) in [6, 6.07) is 16.7. The predicted molar refractivity (Wildman–Crippen MR) is 147 cm³/mol. The number of aryl methyl sites for hydroxylation is 1. The van der Waals surface area contributed by atoms with Crippen LogP contribution in [-0.2, 0) is 11.2 Å². The molecule has 0 spiro atoms. The van der Waals surface area contributed by atoms with Crippen molar-refractivity contribution in [3.63, 3.8) is 0 Å². The average Bonchev–Trinajstić information content (AvgIpc) is 3.20. The van der Waals surface area contributed by atoms with Crippen LogP contribution in [0.5, 0.6) is 0 Å². The van der Waals surface area contributed by atoms with Crippen LogP contribution in [0.2, 0.25) is 0 Å². The topological polar surface area (TPSA) is 112 Å². The molecule has 3 aromatic carbocycles. The third kappa shape index (κ3) is 4.67. The highest BCUT2D eigenvalue weighted by molar-refractivity contribution is 5.93. The van der Waals surface area contributed by atoms with Crippen LogP contribution < -0.4 is 26.4 Å². The molecule has 3 N–H and O–H groups in total. The van der Waals surface area contributed by atoms with E-state index >= 15 is 0 Å². The van der Waals surface area contributed by atoms with Gasteiger partial charge in [0.25, 0.3) is 10.9 Å². The number of carbonyl (C=O) groups is 1. The maximum atomic E-state index is 12.4. The van der Waals surface area contributed by atoms with Crippen molar-refractivity contribution >= 4 is 39.6 Å². The maximum Gasteiger partial charge on any atom is 0.326 e. The van der Waals surface area contributed by atoms with Gasteiger partial charge in [0.2, 0.25) is 0 Å². The molecule has 37 heavy (non-hydrogen) atoms. The summed E-state index contributed by atoms with van der Waals surface area (Å²) in [5.74, 6) is -0.328. The van der Waals surface area contributed by atoms with E-state index < -0.39 is 22.9 Å². The normalized spacial score (nSPS) is 18.3. The summed E-state index contributed by atoms with van der Waals surface area (Å²) >= 11 is 0. The van der Waals surface area contributed by atoms with Gasteiger partial charge in [-0.15, -0.1) is 0 Å². The lowest BCUT2D eigenvalue weighted by Crippen LogP contribution is -2.48. The molecule has 1 aliphatic rings. The van der Waals surface area contributed by atoms with E-state index in [9.17, 15) is 19.5 Å². The van der Waals surface area contributed by atoms with Crippen molar-refractivity contribution in [2.45, 2.75) is 58.2 Å². The average molecular weight is 499 g/mol. The van der Waals surface area contributed by atoms with Crippen LogP contribution >= 0.6 is 0 Å². The zero-order valence-electron chi connectivity index (χ0n) is 21.1. The first-order chi connectivity index (χ1) is 17.7. The Hall–Kier alpha value is -4.20. The molecule has 0 unspecified atom stereocenters. The van der Waals surface area contributed by atoms with E-state index in [0.29, 0.717) is 5.69 Å². The van der Waals surface area contributed by atoms with Gasteiger partial charge in [-0.1, -0.05) is 36.4 Å². The largest absolute Gasteiger partial charge is 0.480 e. The van der Waals surface area contributed by atoms with Crippen LogP contribution in [0.4, 0.5) is 22.9 Å². The molecule has 1 aromatic heterocycles. The van der Waals surface area contributed by atoms with Crippen molar-refractivity contribution in [1.29, 1.82) is 0 Å². The molecule has 5 rings (SSSR count). The lowest BCUT2D eigenvalue weighted by atomic mass is 10.0. The number of nitrogens with zero attached hydrogens (tertiary/aromatic N) is 2. The van der Waals surface area contributed by atoms with Crippen molar-refractivity contribution in [2.24, 2.45) is 0 Å². The Labute approximate surface area is 214 Å². The monoisotopic (exact) mass is 498 g/mol. The Bertz CT molecular complexity index is 1530. The van der Waals surface area contributed by atoms with E-state index in [2.05, 4.69) is 15.6 Å². The summed E-state index contributed by atoms with van der Waals surface area (Å²) in [7, 11) is 0. The molecule has 0 amide bonds. The van der Waals surface area contributed by atoms with Crippen molar-refractivity contribution in [1.82, 2.24) is 4.98 Å². The fraction of sp³-hybridized carbons (Fsp3) is 0.310. The fourth-order valence-electron chi connectivity index (χ4n) is 5.29. The number of carboxylic acid groups (broad SMARTS) is 1. The van der Waals surface area contributed by atoms with Crippen LogP contribution in [0.3, 0.4) is 0 Å². The van der Waals surface area contributed by atoms with Crippen LogP contribution in [-0.4, -0.2) is 34.2 Å². The molecule has 3 atom stereocenters. The zero-order valence-corrected chi connectivity index (χ0v) is 21.1. The van der Waals surface area contributed by atoms with Crippen molar-refractivity contribution in [3.05, 3.63) is 86.3 Å². The van der Waals surface area contributed by atoms with E-state index in [1.807, 2.05) is 80.3 Å². The van der Waals surface area contributed by atoms with Gasteiger partial charge in [0.15, 0.2) is 0 Å². The first-order valence-electron chi connectivity index (χ1n) is 12.6. The Kier molecular flexibility index (Phi) is 6.41. The van der Waals surface area contributed by atoms with Gasteiger partial charge in [-0.05, 0) is 62.8 Å². The SMILES string of the molecule is Cc1cc2ccccc2c(Nc2ccc(C[C@H](Nc3c(N4[C@@H](C)CC[C@@H]4C)c(=O)c3=O)C(=O)O)cc2)n1. The van der Waals surface area contributed by atoms with E-state index in [0.717, 1.165) is 46.4 Å². The second kappa shape index (κ2) is 9.69. The molecule has 8 nitrogen and oxygen atoms in total. The third-order valence-electron chi connectivity index (χ3n) is 7.24. The van der Waals surface area contributed by atoms with Crippen molar-refractivity contribution in [2.75, 3.05) is 15.5 Å². The predicted octanol–water partition coefficient (Wildman–Crippen LogP) is 4.37. The molecule has 0 radical (unpaired) electrons. The van der Waals surface area contributed by atoms with Crippen LogP contribution in [0.1, 0.15) is 37.9 Å². The van der Waals surface area contributed by atoms with E-state index in [4.69, 9.17) is 0 Å². The molecule has 0 aliphatic carbocycles. The third-order valence-corrected chi connectivity index (χ3v) is 7.24. The zero-order chi connectivity index (χ0) is 26.3. The van der Waals surface area contributed by atoms with Crippen molar-refractivity contribution < 1.29 is 9.90 Å². The van der Waals surface area contributed by atoms with E-state index in [1.165, 1.54) is 0 Å². The quantitative estimate of drug-likeness (QED) is 0.307. The number of aliphatic carboxylic acids is 1. The second-order valence-corrected chi connectivity index (χ2v) is 9.96. The smallest absolute Gasteiger partial charge is 0.326 e. The Morgan fingerprint density at radius 3 is 2.41 bits per heavy atom. The summed E-state index contributed by atoms with van der Waals surface area (Å²) in [6.45, 7) is 5.99. The molecular weight excluding hydrogens is 468 g/mol. The van der Waals surface area contributed by atoms with Gasteiger partial charge in [0.1, 0.15) is 23.2 Å². The van der Waals surface area contributed by atoms with Crippen LogP contribution in [0, 0.1) is 6.92 Å². The highest BCUT2D eigenvalue weighted by Crippen LogP contribution is 2.33. The van der Waals surface area contributed by atoms with Gasteiger partial charge in [0, 0.05) is 35.3 Å². The lowest BCUT2D eigenvalue weighted by molar-refractivity contribution is -0.137. The molecule has 1 saturated heterocycles. The standard InChI is InChI=1S/C29H30N4O4/c1-16-14-20-6-4-5-7-22(20)28(30-16)31-21-12-10-19(11-13-21)15-23(29(36)37)32-24-25(27(35)26(24)34)33-17(2)8-9-18(33)3/h4-7,10-14,17-18,23,32H,8-9,15H2,1-3H3,(H,30,31)(H,36,37)/t17-,18-,23-/m0/s1. The minimum Gasteiger partial charge on any atom is -0.480 e. The molecule has 4 aromatic rings. The Morgan fingerprint density at radius 1 is 1.05 bits per heavy atom. The number of aromatic nitrogens is 1. The fourth-order valence-corrected chi connectivity index (χ4v) is 5.29. The number of benzene rings is 2. The van der Waals surface area contributed by atoms with Gasteiger partial charge in [0.05, 0.1) is 0 Å². The lowest BCUT2D eigenvalue weighted by Gasteiger charge is -2.32. The minimum absolute atomic E-state index is 0.119. The highest BCUT2D eigenvalue weighted by Gasteiger charge is 2.36. The van der Waals surface area contributed by atoms with Gasteiger partial charge >= 0.3 is 5.97 Å². The molecule has 0 bridgehead atoms. The van der Waals surface area contributed by atoms with Crippen molar-refractivity contribution in [3.8, 4) is 0 Å².